The summed E-state index contributed by atoms with van der Waals surface area (Å²) in [6.45, 7) is 7.63. The van der Waals surface area contributed by atoms with Crippen LogP contribution in [0, 0.1) is 22.2 Å². The number of para-hydroxylation sites is 1. The fourth-order valence-electron chi connectivity index (χ4n) is 5.70. The average Bonchev–Trinajstić information content (AvgIpc) is 3.25. The van der Waals surface area contributed by atoms with E-state index >= 15 is 0 Å². The Morgan fingerprint density at radius 3 is 2.69 bits per heavy atom. The lowest BCUT2D eigenvalue weighted by Crippen LogP contribution is -2.48. The number of aliphatic hydroxyl groups excluding tert-OH is 1. The Kier molecular flexibility index (Phi) is 3.20. The summed E-state index contributed by atoms with van der Waals surface area (Å²) in [6.07, 6.45) is 3.65. The molecule has 0 spiro atoms. The van der Waals surface area contributed by atoms with E-state index in [9.17, 15) is 5.11 Å². The number of hydrogen-bond acceptors (Lipinski definition) is 4. The van der Waals surface area contributed by atoms with Crippen molar-refractivity contribution < 1.29 is 5.11 Å². The topological polar surface area (TPSA) is 60.2 Å². The second kappa shape index (κ2) is 5.10. The van der Waals surface area contributed by atoms with Gasteiger partial charge in [-0.3, -0.25) is 5.41 Å². The van der Waals surface area contributed by atoms with Crippen LogP contribution in [0.3, 0.4) is 0 Å². The maximum absolute atomic E-state index is 10.7. The van der Waals surface area contributed by atoms with Gasteiger partial charge in [-0.1, -0.05) is 32.9 Å². The zero-order valence-corrected chi connectivity index (χ0v) is 16.4. The number of nitrogens with one attached hydrogen (secondary N) is 1. The van der Waals surface area contributed by atoms with Crippen LogP contribution in [0.15, 0.2) is 30.0 Å². The van der Waals surface area contributed by atoms with E-state index in [2.05, 4.69) is 30.7 Å². The Hall–Kier alpha value is -1.88. The minimum absolute atomic E-state index is 0.202. The zero-order chi connectivity index (χ0) is 18.3. The molecule has 2 heterocycles. The molecule has 136 valence electrons. The lowest BCUT2D eigenvalue weighted by atomic mass is 9.69. The molecular weight excluding hydrogens is 342 g/mol. The summed E-state index contributed by atoms with van der Waals surface area (Å²) >= 11 is 1.56. The van der Waals surface area contributed by atoms with Crippen LogP contribution in [-0.4, -0.2) is 33.4 Å². The van der Waals surface area contributed by atoms with Crippen molar-refractivity contribution in [2.75, 3.05) is 6.54 Å². The van der Waals surface area contributed by atoms with Gasteiger partial charge in [-0.15, -0.1) is 11.3 Å². The minimum Gasteiger partial charge on any atom is -0.510 e. The van der Waals surface area contributed by atoms with Crippen molar-refractivity contribution in [2.24, 2.45) is 16.7 Å². The lowest BCUT2D eigenvalue weighted by Gasteiger charge is -2.44. The second-order valence-electron chi connectivity index (χ2n) is 8.91. The molecule has 2 bridgehead atoms. The molecule has 4 nitrogen and oxygen atoms in total. The molecule has 1 aromatic carbocycles. The molecule has 0 amide bonds. The third-order valence-corrected chi connectivity index (χ3v) is 8.82. The first-order valence-corrected chi connectivity index (χ1v) is 10.3. The van der Waals surface area contributed by atoms with Crippen molar-refractivity contribution >= 4 is 33.0 Å². The van der Waals surface area contributed by atoms with Crippen molar-refractivity contribution in [1.29, 1.82) is 5.41 Å². The fourth-order valence-corrected chi connectivity index (χ4v) is 6.74. The van der Waals surface area contributed by atoms with Crippen molar-refractivity contribution in [3.8, 4) is 0 Å². The van der Waals surface area contributed by atoms with Gasteiger partial charge in [0.05, 0.1) is 22.3 Å². The van der Waals surface area contributed by atoms with E-state index in [1.54, 1.807) is 11.3 Å². The van der Waals surface area contributed by atoms with Crippen LogP contribution in [0.4, 0.5) is 0 Å². The summed E-state index contributed by atoms with van der Waals surface area (Å²) in [7, 11) is 0. The molecule has 2 N–H and O–H groups in total. The summed E-state index contributed by atoms with van der Waals surface area (Å²) in [6, 6.07) is 8.35. The van der Waals surface area contributed by atoms with Crippen molar-refractivity contribution in [3.05, 3.63) is 35.0 Å². The van der Waals surface area contributed by atoms with E-state index in [-0.39, 0.29) is 5.41 Å². The third-order valence-electron chi connectivity index (χ3n) is 7.76. The van der Waals surface area contributed by atoms with Gasteiger partial charge in [-0.25, -0.2) is 4.98 Å². The number of fused-ring (bicyclic) bond motifs is 3. The Labute approximate surface area is 158 Å². The summed E-state index contributed by atoms with van der Waals surface area (Å²) in [5.74, 6) is 1.48. The molecule has 3 atom stereocenters. The number of thiazole rings is 1. The van der Waals surface area contributed by atoms with E-state index < -0.39 is 0 Å². The quantitative estimate of drug-likeness (QED) is 0.779. The van der Waals surface area contributed by atoms with E-state index in [4.69, 9.17) is 5.41 Å². The van der Waals surface area contributed by atoms with Crippen molar-refractivity contribution in [2.45, 2.75) is 46.1 Å². The van der Waals surface area contributed by atoms with Gasteiger partial charge >= 0.3 is 0 Å². The van der Waals surface area contributed by atoms with E-state index in [0.29, 0.717) is 35.2 Å². The van der Waals surface area contributed by atoms with Gasteiger partial charge in [0, 0.05) is 6.04 Å². The van der Waals surface area contributed by atoms with Crippen molar-refractivity contribution in [1.82, 2.24) is 9.88 Å². The van der Waals surface area contributed by atoms with Crippen LogP contribution in [0.1, 0.15) is 45.0 Å². The highest BCUT2D eigenvalue weighted by atomic mass is 32.1. The van der Waals surface area contributed by atoms with Gasteiger partial charge < -0.3 is 10.0 Å². The van der Waals surface area contributed by atoms with Crippen LogP contribution in [-0.2, 0) is 0 Å². The number of aromatic nitrogens is 1. The van der Waals surface area contributed by atoms with Crippen LogP contribution >= 0.6 is 11.3 Å². The highest BCUT2D eigenvalue weighted by Gasteiger charge is 2.63. The first-order chi connectivity index (χ1) is 12.3. The maximum atomic E-state index is 10.7. The first-order valence-electron chi connectivity index (χ1n) is 9.46. The average molecular weight is 368 g/mol. The standard InChI is InChI=1S/C21H25N3OS/c1-20(2)12-8-9-21(20,3)16(10-12)24-11-14(25)17(18(24)22)19-23-13-6-4-5-7-15(13)26-19/h4-7,12,16,22,25H,8-11H2,1-3H3/t12-,16-,21-/m1/s1. The van der Waals surface area contributed by atoms with E-state index in [0.717, 1.165) is 27.6 Å². The molecule has 0 unspecified atom stereocenters. The first kappa shape index (κ1) is 16.3. The number of aliphatic hydroxyl groups is 1. The van der Waals surface area contributed by atoms with Crippen molar-refractivity contribution in [3.63, 3.8) is 0 Å². The second-order valence-corrected chi connectivity index (χ2v) is 9.94. The van der Waals surface area contributed by atoms with E-state index in [1.807, 2.05) is 24.3 Å². The molecule has 2 aliphatic carbocycles. The predicted molar refractivity (Wildman–Crippen MR) is 107 cm³/mol. The van der Waals surface area contributed by atoms with Gasteiger partial charge in [-0.2, -0.15) is 0 Å². The van der Waals surface area contributed by atoms with Crippen LogP contribution in [0.25, 0.3) is 15.8 Å². The van der Waals surface area contributed by atoms with Crippen LogP contribution < -0.4 is 0 Å². The molecule has 2 saturated carbocycles. The smallest absolute Gasteiger partial charge is 0.135 e. The Morgan fingerprint density at radius 1 is 1.27 bits per heavy atom. The molecule has 0 radical (unpaired) electrons. The molecule has 2 fully saturated rings. The largest absolute Gasteiger partial charge is 0.510 e. The third kappa shape index (κ3) is 1.90. The fraction of sp³-hybridized carbons (Fsp3) is 0.524. The van der Waals surface area contributed by atoms with E-state index in [1.165, 1.54) is 12.8 Å². The molecular formula is C21H25N3OS. The number of amidine groups is 1. The number of benzene rings is 1. The molecule has 3 aliphatic rings. The summed E-state index contributed by atoms with van der Waals surface area (Å²) in [5.41, 5.74) is 2.07. The number of rotatable bonds is 2. The maximum Gasteiger partial charge on any atom is 0.135 e. The van der Waals surface area contributed by atoms with Crippen LogP contribution in [0.5, 0.6) is 0 Å². The molecule has 0 saturated heterocycles. The Balaban J connectivity index is 1.50. The summed E-state index contributed by atoms with van der Waals surface area (Å²) in [4.78, 5) is 6.83. The summed E-state index contributed by atoms with van der Waals surface area (Å²) < 4.78 is 1.10. The highest BCUT2D eigenvalue weighted by molar-refractivity contribution is 7.19. The lowest BCUT2D eigenvalue weighted by molar-refractivity contribution is 0.0817. The Morgan fingerprint density at radius 2 is 2.04 bits per heavy atom. The van der Waals surface area contributed by atoms with Crippen LogP contribution in [0.2, 0.25) is 0 Å². The summed E-state index contributed by atoms with van der Waals surface area (Å²) in [5, 5.41) is 20.3. The van der Waals surface area contributed by atoms with Gasteiger partial charge in [0.25, 0.3) is 0 Å². The molecule has 5 heteroatoms. The molecule has 1 aromatic heterocycles. The van der Waals surface area contributed by atoms with Gasteiger partial charge in [0.1, 0.15) is 16.6 Å². The van der Waals surface area contributed by atoms with Gasteiger partial charge in [0.2, 0.25) is 0 Å². The SMILES string of the molecule is CC1(C)[C@@H]2CC[C@]1(C)[C@H](N1CC(O)=C(c3nc4ccccc4s3)C1=N)C2. The molecule has 26 heavy (non-hydrogen) atoms. The minimum atomic E-state index is 0.202. The number of nitrogens with zero attached hydrogens (tertiary/aromatic N) is 2. The van der Waals surface area contributed by atoms with Gasteiger partial charge in [0.15, 0.2) is 0 Å². The molecule has 1 aliphatic heterocycles. The zero-order valence-electron chi connectivity index (χ0n) is 15.5. The number of hydrogen-bond donors (Lipinski definition) is 2. The predicted octanol–water partition coefficient (Wildman–Crippen LogP) is 5.07. The highest BCUT2D eigenvalue weighted by Crippen LogP contribution is 2.67. The Bertz CT molecular complexity index is 926. The monoisotopic (exact) mass is 367 g/mol. The molecule has 2 aromatic rings. The van der Waals surface area contributed by atoms with Gasteiger partial charge in [-0.05, 0) is 48.1 Å². The normalized spacial score (nSPS) is 33.0. The molecule has 5 rings (SSSR count).